The zero-order valence-electron chi connectivity index (χ0n) is 16.6. The van der Waals surface area contributed by atoms with Crippen molar-refractivity contribution < 1.29 is 13.2 Å². The third-order valence-corrected chi connectivity index (χ3v) is 5.18. The second-order valence-electron chi connectivity index (χ2n) is 7.20. The van der Waals surface area contributed by atoms with Crippen molar-refractivity contribution in [2.24, 2.45) is 0 Å². The lowest BCUT2D eigenvalue weighted by atomic mass is 10.2. The molecule has 5 aromatic rings. The van der Waals surface area contributed by atoms with Crippen LogP contribution in [0.1, 0.15) is 11.3 Å². The second-order valence-corrected chi connectivity index (χ2v) is 7.20. The Hall–Kier alpha value is -4.27. The van der Waals surface area contributed by atoms with Gasteiger partial charge in [-0.3, -0.25) is 9.36 Å². The van der Waals surface area contributed by atoms with Crippen molar-refractivity contribution in [1.82, 2.24) is 18.7 Å². The van der Waals surface area contributed by atoms with Crippen molar-refractivity contribution in [2.75, 3.05) is 0 Å². The molecule has 0 spiro atoms. The molecule has 0 aliphatic carbocycles. The lowest BCUT2D eigenvalue weighted by Crippen LogP contribution is -2.40. The van der Waals surface area contributed by atoms with Crippen molar-refractivity contribution in [3.8, 4) is 5.69 Å². The van der Waals surface area contributed by atoms with Crippen LogP contribution < -0.4 is 11.2 Å². The van der Waals surface area contributed by atoms with Crippen LogP contribution in [0.3, 0.4) is 0 Å². The van der Waals surface area contributed by atoms with Gasteiger partial charge in [0.1, 0.15) is 17.4 Å². The van der Waals surface area contributed by atoms with E-state index in [4.69, 9.17) is 4.42 Å². The summed E-state index contributed by atoms with van der Waals surface area (Å²) in [5.41, 5.74) is -0.327. The van der Waals surface area contributed by atoms with Gasteiger partial charge in [-0.2, -0.15) is 0 Å². The number of benzene rings is 2. The average molecular weight is 434 g/mol. The van der Waals surface area contributed by atoms with E-state index in [0.717, 1.165) is 4.57 Å². The molecule has 9 heteroatoms. The van der Waals surface area contributed by atoms with E-state index in [2.05, 4.69) is 4.98 Å². The van der Waals surface area contributed by atoms with Crippen molar-refractivity contribution in [3.05, 3.63) is 117 Å². The molecule has 0 N–H and O–H groups in total. The molecule has 0 aliphatic heterocycles. The highest BCUT2D eigenvalue weighted by molar-refractivity contribution is 5.72. The fourth-order valence-electron chi connectivity index (χ4n) is 3.63. The van der Waals surface area contributed by atoms with Crippen LogP contribution in [0.2, 0.25) is 0 Å². The van der Waals surface area contributed by atoms with E-state index >= 15 is 0 Å². The predicted octanol–water partition coefficient (Wildman–Crippen LogP) is 3.32. The highest BCUT2D eigenvalue weighted by Crippen LogP contribution is 2.16. The van der Waals surface area contributed by atoms with Crippen LogP contribution in [-0.4, -0.2) is 18.7 Å². The van der Waals surface area contributed by atoms with E-state index in [0.29, 0.717) is 17.0 Å². The van der Waals surface area contributed by atoms with Gasteiger partial charge in [0.15, 0.2) is 11.2 Å². The molecule has 3 heterocycles. The number of aromatic nitrogens is 4. The van der Waals surface area contributed by atoms with Gasteiger partial charge >= 0.3 is 5.69 Å². The van der Waals surface area contributed by atoms with Gasteiger partial charge in [0.2, 0.25) is 0 Å². The first-order valence-electron chi connectivity index (χ1n) is 9.75. The number of imidazole rings is 1. The van der Waals surface area contributed by atoms with Crippen LogP contribution in [0, 0.1) is 11.6 Å². The molecule has 0 saturated heterocycles. The van der Waals surface area contributed by atoms with E-state index in [1.807, 2.05) is 0 Å². The minimum absolute atomic E-state index is 0.0424. The van der Waals surface area contributed by atoms with E-state index in [9.17, 15) is 18.4 Å². The molecule has 0 unspecified atom stereocenters. The summed E-state index contributed by atoms with van der Waals surface area (Å²) in [6.07, 6.45) is 2.83. The molecule has 0 aliphatic rings. The Kier molecular flexibility index (Phi) is 4.78. The summed E-state index contributed by atoms with van der Waals surface area (Å²) in [7, 11) is 0. The maximum absolute atomic E-state index is 14.2. The molecular formula is C23H16F2N4O3. The van der Waals surface area contributed by atoms with Crippen molar-refractivity contribution in [1.29, 1.82) is 0 Å². The van der Waals surface area contributed by atoms with Crippen LogP contribution in [0.25, 0.3) is 16.9 Å². The molecule has 7 nitrogen and oxygen atoms in total. The molecule has 0 atom stereocenters. The normalized spacial score (nSPS) is 11.3. The van der Waals surface area contributed by atoms with Gasteiger partial charge in [0.05, 0.1) is 31.4 Å². The molecule has 0 saturated carbocycles. The number of hydrogen-bond donors (Lipinski definition) is 0. The summed E-state index contributed by atoms with van der Waals surface area (Å²) in [5, 5.41) is 0. The number of rotatable bonds is 5. The number of fused-ring (bicyclic) bond motifs is 1. The van der Waals surface area contributed by atoms with Crippen molar-refractivity contribution in [3.63, 3.8) is 0 Å². The number of hydrogen-bond acceptors (Lipinski definition) is 4. The van der Waals surface area contributed by atoms with Gasteiger partial charge in [0.25, 0.3) is 5.56 Å². The van der Waals surface area contributed by atoms with E-state index < -0.39 is 22.9 Å². The standard InChI is InChI=1S/C23H16F2N4O3/c24-16-7-9-17(10-8-16)29-21-20(22(30)28(23(29)31)13-18-5-3-11-32-18)27(14-26-21)12-15-4-1-2-6-19(15)25/h1-11,14H,12-13H2. The lowest BCUT2D eigenvalue weighted by molar-refractivity contribution is 0.482. The molecule has 32 heavy (non-hydrogen) atoms. The van der Waals surface area contributed by atoms with Gasteiger partial charge in [0, 0.05) is 5.56 Å². The first-order valence-corrected chi connectivity index (χ1v) is 9.75. The third-order valence-electron chi connectivity index (χ3n) is 5.18. The molecular weight excluding hydrogens is 418 g/mol. The summed E-state index contributed by atoms with van der Waals surface area (Å²) < 4.78 is 36.8. The topological polar surface area (TPSA) is 75.0 Å². The third kappa shape index (κ3) is 3.33. The maximum Gasteiger partial charge on any atom is 0.337 e. The van der Waals surface area contributed by atoms with Gasteiger partial charge in [-0.05, 0) is 42.5 Å². The summed E-state index contributed by atoms with van der Waals surface area (Å²) >= 11 is 0. The molecule has 0 fully saturated rings. The van der Waals surface area contributed by atoms with E-state index in [1.54, 1.807) is 30.3 Å². The Morgan fingerprint density at radius 1 is 0.906 bits per heavy atom. The number of furan rings is 1. The minimum atomic E-state index is -0.651. The summed E-state index contributed by atoms with van der Waals surface area (Å²) in [6.45, 7) is -0.0620. The first kappa shape index (κ1) is 19.7. The van der Waals surface area contributed by atoms with Crippen LogP contribution in [0.5, 0.6) is 0 Å². The summed E-state index contributed by atoms with van der Waals surface area (Å²) in [6, 6.07) is 14.8. The van der Waals surface area contributed by atoms with E-state index in [-0.39, 0.29) is 24.3 Å². The number of halogens is 2. The molecule has 3 aromatic heterocycles. The quantitative estimate of drug-likeness (QED) is 0.425. The highest BCUT2D eigenvalue weighted by Gasteiger charge is 2.20. The Labute approximate surface area is 179 Å². The number of nitrogens with zero attached hydrogens (tertiary/aromatic N) is 4. The van der Waals surface area contributed by atoms with Gasteiger partial charge in [-0.1, -0.05) is 18.2 Å². The predicted molar refractivity (Wildman–Crippen MR) is 113 cm³/mol. The average Bonchev–Trinajstić information content (AvgIpc) is 3.44. The zero-order chi connectivity index (χ0) is 22.2. The van der Waals surface area contributed by atoms with Crippen molar-refractivity contribution >= 4 is 11.2 Å². The van der Waals surface area contributed by atoms with Crippen LogP contribution in [0.15, 0.2) is 87.3 Å². The molecule has 2 aromatic carbocycles. The summed E-state index contributed by atoms with van der Waals surface area (Å²) in [5.74, 6) is -0.474. The molecule has 0 bridgehead atoms. The fourth-order valence-corrected chi connectivity index (χ4v) is 3.63. The molecule has 0 amide bonds. The second kappa shape index (κ2) is 7.77. The van der Waals surface area contributed by atoms with Gasteiger partial charge < -0.3 is 8.98 Å². The smallest absolute Gasteiger partial charge is 0.337 e. The monoisotopic (exact) mass is 434 g/mol. The Morgan fingerprint density at radius 3 is 2.41 bits per heavy atom. The maximum atomic E-state index is 14.2. The minimum Gasteiger partial charge on any atom is -0.467 e. The fraction of sp³-hybridized carbons (Fsp3) is 0.0870. The zero-order valence-corrected chi connectivity index (χ0v) is 16.6. The molecule has 5 rings (SSSR count). The Bertz CT molecular complexity index is 1530. The Balaban J connectivity index is 1.77. The van der Waals surface area contributed by atoms with Crippen LogP contribution in [0.4, 0.5) is 8.78 Å². The first-order chi connectivity index (χ1) is 15.5. The van der Waals surface area contributed by atoms with Crippen molar-refractivity contribution in [2.45, 2.75) is 13.1 Å². The van der Waals surface area contributed by atoms with Crippen LogP contribution >= 0.6 is 0 Å². The SMILES string of the molecule is O=c1c2c(ncn2Cc2ccccc2F)n(-c2ccc(F)cc2)c(=O)n1Cc1ccco1. The molecule has 160 valence electrons. The Morgan fingerprint density at radius 2 is 1.69 bits per heavy atom. The van der Waals surface area contributed by atoms with Gasteiger partial charge in [-0.25, -0.2) is 23.1 Å². The van der Waals surface area contributed by atoms with Crippen LogP contribution in [-0.2, 0) is 13.1 Å². The largest absolute Gasteiger partial charge is 0.467 e. The highest BCUT2D eigenvalue weighted by atomic mass is 19.1. The van der Waals surface area contributed by atoms with Gasteiger partial charge in [-0.15, -0.1) is 0 Å². The molecule has 0 radical (unpaired) electrons. The summed E-state index contributed by atoms with van der Waals surface area (Å²) in [4.78, 5) is 31.0. The lowest BCUT2D eigenvalue weighted by Gasteiger charge is -2.12. The van der Waals surface area contributed by atoms with E-state index in [1.165, 1.54) is 52.1 Å².